The van der Waals surface area contributed by atoms with Crippen LogP contribution in [0, 0.1) is 0 Å². The van der Waals surface area contributed by atoms with E-state index in [1.807, 2.05) is 22.6 Å². The van der Waals surface area contributed by atoms with Gasteiger partial charge in [-0.3, -0.25) is 4.68 Å². The van der Waals surface area contributed by atoms with Gasteiger partial charge in [-0.25, -0.2) is 4.68 Å². The van der Waals surface area contributed by atoms with Crippen LogP contribution in [0.4, 0.5) is 0 Å². The van der Waals surface area contributed by atoms with Crippen LogP contribution in [-0.4, -0.2) is 24.8 Å². The Morgan fingerprint density at radius 2 is 2.15 bits per heavy atom. The molecule has 6 nitrogen and oxygen atoms in total. The number of aryl methyl sites for hydroxylation is 2. The molecule has 7 heteroatoms. The molecule has 0 radical (unpaired) electrons. The van der Waals surface area contributed by atoms with E-state index in [1.54, 1.807) is 0 Å². The van der Waals surface area contributed by atoms with Crippen molar-refractivity contribution in [2.45, 2.75) is 45.7 Å². The molecule has 20 heavy (non-hydrogen) atoms. The molecule has 0 aliphatic carbocycles. The van der Waals surface area contributed by atoms with Gasteiger partial charge >= 0.3 is 0 Å². The van der Waals surface area contributed by atoms with Gasteiger partial charge in [-0.15, -0.1) is 5.10 Å². The first-order chi connectivity index (χ1) is 9.56. The fourth-order valence-corrected chi connectivity index (χ4v) is 2.91. The van der Waals surface area contributed by atoms with Crippen molar-refractivity contribution in [3.8, 4) is 0 Å². The summed E-state index contributed by atoms with van der Waals surface area (Å²) in [6.45, 7) is 4.84. The highest BCUT2D eigenvalue weighted by Crippen LogP contribution is 2.22. The minimum atomic E-state index is -0.0325. The van der Waals surface area contributed by atoms with Crippen LogP contribution in [0.1, 0.15) is 49.8 Å². The topological polar surface area (TPSA) is 74.6 Å². The maximum absolute atomic E-state index is 6.06. The van der Waals surface area contributed by atoms with Gasteiger partial charge < -0.3 is 5.73 Å². The Morgan fingerprint density at radius 1 is 1.40 bits per heavy atom. The summed E-state index contributed by atoms with van der Waals surface area (Å²) in [7, 11) is 1.94. The zero-order valence-electron chi connectivity index (χ0n) is 12.2. The molecule has 110 valence electrons. The molecule has 0 aromatic carbocycles. The second-order valence-corrected chi connectivity index (χ2v) is 5.71. The summed E-state index contributed by atoms with van der Waals surface area (Å²) in [6, 6.07) is -0.0325. The first-order valence-corrected chi connectivity index (χ1v) is 7.71. The van der Waals surface area contributed by atoms with Gasteiger partial charge in [0.1, 0.15) is 0 Å². The largest absolute Gasteiger partial charge is 0.323 e. The van der Waals surface area contributed by atoms with Gasteiger partial charge in [0.15, 0.2) is 0 Å². The van der Waals surface area contributed by atoms with Crippen molar-refractivity contribution in [1.29, 1.82) is 0 Å². The van der Waals surface area contributed by atoms with Crippen LogP contribution in [0.5, 0.6) is 0 Å². The van der Waals surface area contributed by atoms with Gasteiger partial charge in [0.05, 0.1) is 40.3 Å². The lowest BCUT2D eigenvalue weighted by molar-refractivity contribution is 0.596. The minimum Gasteiger partial charge on any atom is -0.323 e. The number of nitrogens with zero attached hydrogens (tertiary/aromatic N) is 5. The second-order valence-electron chi connectivity index (χ2n) is 4.92. The monoisotopic (exact) mass is 340 g/mol. The molecule has 0 bridgehead atoms. The highest BCUT2D eigenvalue weighted by atomic mass is 79.9. The van der Waals surface area contributed by atoms with Crippen LogP contribution in [0.3, 0.4) is 0 Å². The third-order valence-electron chi connectivity index (χ3n) is 3.35. The Balaban J connectivity index is 2.17. The van der Waals surface area contributed by atoms with Gasteiger partial charge in [-0.05, 0) is 28.8 Å². The van der Waals surface area contributed by atoms with Gasteiger partial charge in [-0.1, -0.05) is 25.5 Å². The first kappa shape index (κ1) is 15.2. The lowest BCUT2D eigenvalue weighted by atomic mass is 10.1. The maximum atomic E-state index is 6.06. The summed E-state index contributed by atoms with van der Waals surface area (Å²) >= 11 is 3.61. The number of nitrogens with two attached hydrogens (primary N) is 1. The van der Waals surface area contributed by atoms with E-state index in [-0.39, 0.29) is 6.04 Å². The van der Waals surface area contributed by atoms with Gasteiger partial charge in [0, 0.05) is 7.05 Å². The van der Waals surface area contributed by atoms with Crippen LogP contribution < -0.4 is 5.73 Å². The number of halogens is 1. The molecule has 2 rings (SSSR count). The highest BCUT2D eigenvalue weighted by Gasteiger charge is 2.15. The molecule has 0 saturated heterocycles. The summed E-state index contributed by atoms with van der Waals surface area (Å²) in [5, 5.41) is 12.8. The van der Waals surface area contributed by atoms with E-state index in [4.69, 9.17) is 5.73 Å². The fourth-order valence-electron chi connectivity index (χ4n) is 2.16. The van der Waals surface area contributed by atoms with Crippen molar-refractivity contribution in [2.75, 3.05) is 0 Å². The molecule has 2 heterocycles. The maximum Gasteiger partial charge on any atom is 0.0994 e. The molecule has 0 aliphatic rings. The van der Waals surface area contributed by atoms with Crippen molar-refractivity contribution in [2.24, 2.45) is 12.8 Å². The summed E-state index contributed by atoms with van der Waals surface area (Å²) in [6.07, 6.45) is 4.79. The van der Waals surface area contributed by atoms with Crippen molar-refractivity contribution in [1.82, 2.24) is 24.8 Å². The molecular weight excluding hydrogens is 320 g/mol. The van der Waals surface area contributed by atoms with Crippen LogP contribution in [0.2, 0.25) is 0 Å². The molecule has 0 saturated carbocycles. The van der Waals surface area contributed by atoms with Crippen LogP contribution in [-0.2, 0) is 20.0 Å². The normalized spacial score (nSPS) is 12.8. The van der Waals surface area contributed by atoms with E-state index < -0.39 is 0 Å². The third-order valence-corrected chi connectivity index (χ3v) is 4.27. The van der Waals surface area contributed by atoms with Crippen molar-refractivity contribution < 1.29 is 0 Å². The van der Waals surface area contributed by atoms with Crippen molar-refractivity contribution in [3.05, 3.63) is 27.8 Å². The Bertz CT molecular complexity index is 573. The van der Waals surface area contributed by atoms with E-state index in [0.29, 0.717) is 6.54 Å². The number of hydrogen-bond donors (Lipinski definition) is 1. The van der Waals surface area contributed by atoms with Crippen LogP contribution >= 0.6 is 15.9 Å². The standard InChI is InChI=1S/C13H21BrN6/c1-4-6-9(15)11-7-20(18-16-11)8-12-13(14)10(5-2)17-19(12)3/h7,9H,4-6,8,15H2,1-3H3. The molecule has 2 aromatic rings. The number of hydrogen-bond acceptors (Lipinski definition) is 4. The molecule has 0 spiro atoms. The average Bonchev–Trinajstić information content (AvgIpc) is 2.99. The van der Waals surface area contributed by atoms with Gasteiger partial charge in [-0.2, -0.15) is 5.10 Å². The predicted octanol–water partition coefficient (Wildman–Crippen LogP) is 2.18. The fraction of sp³-hybridized carbons (Fsp3) is 0.615. The van der Waals surface area contributed by atoms with Crippen molar-refractivity contribution >= 4 is 15.9 Å². The summed E-state index contributed by atoms with van der Waals surface area (Å²) in [5.74, 6) is 0. The first-order valence-electron chi connectivity index (χ1n) is 6.92. The number of rotatable bonds is 6. The molecule has 0 fully saturated rings. The molecular formula is C13H21BrN6. The molecule has 2 aromatic heterocycles. The van der Waals surface area contributed by atoms with Crippen LogP contribution in [0.15, 0.2) is 10.7 Å². The van der Waals surface area contributed by atoms with E-state index >= 15 is 0 Å². The summed E-state index contributed by atoms with van der Waals surface area (Å²) in [4.78, 5) is 0. The molecule has 0 aliphatic heterocycles. The summed E-state index contributed by atoms with van der Waals surface area (Å²) < 4.78 is 4.75. The molecule has 1 unspecified atom stereocenters. The zero-order valence-corrected chi connectivity index (χ0v) is 13.8. The Morgan fingerprint density at radius 3 is 2.75 bits per heavy atom. The number of aromatic nitrogens is 5. The average molecular weight is 341 g/mol. The lowest BCUT2D eigenvalue weighted by Gasteiger charge is -2.05. The Labute approximate surface area is 127 Å². The van der Waals surface area contributed by atoms with Crippen molar-refractivity contribution in [3.63, 3.8) is 0 Å². The van der Waals surface area contributed by atoms with E-state index in [9.17, 15) is 0 Å². The van der Waals surface area contributed by atoms with E-state index in [2.05, 4.69) is 45.2 Å². The zero-order chi connectivity index (χ0) is 14.7. The SMILES string of the molecule is CCCC(N)c1cn(Cc2c(Br)c(CC)nn2C)nn1. The predicted molar refractivity (Wildman–Crippen MR) is 81.2 cm³/mol. The molecule has 2 N–H and O–H groups in total. The Hall–Kier alpha value is -1.21. The molecule has 0 amide bonds. The molecule has 1 atom stereocenters. The van der Waals surface area contributed by atoms with Gasteiger partial charge in [0.25, 0.3) is 0 Å². The van der Waals surface area contributed by atoms with Crippen LogP contribution in [0.25, 0.3) is 0 Å². The summed E-state index contributed by atoms with van der Waals surface area (Å²) in [5.41, 5.74) is 9.05. The van der Waals surface area contributed by atoms with E-state index in [1.165, 1.54) is 0 Å². The lowest BCUT2D eigenvalue weighted by Crippen LogP contribution is -2.10. The van der Waals surface area contributed by atoms with Gasteiger partial charge in [0.2, 0.25) is 0 Å². The third kappa shape index (κ3) is 3.09. The minimum absolute atomic E-state index is 0.0325. The Kier molecular flexibility index (Phi) is 4.93. The quantitative estimate of drug-likeness (QED) is 0.874. The smallest absolute Gasteiger partial charge is 0.0994 e. The van der Waals surface area contributed by atoms with E-state index in [0.717, 1.165) is 40.8 Å². The highest BCUT2D eigenvalue weighted by molar-refractivity contribution is 9.10. The second kappa shape index (κ2) is 6.49.